The molecule has 0 radical (unpaired) electrons. The number of ether oxygens (including phenoxy) is 2. The van der Waals surface area contributed by atoms with Crippen molar-refractivity contribution in [3.63, 3.8) is 0 Å². The van der Waals surface area contributed by atoms with E-state index in [9.17, 15) is 9.59 Å². The maximum absolute atomic E-state index is 13.0. The first kappa shape index (κ1) is 18.5. The van der Waals surface area contributed by atoms with Crippen LogP contribution in [-0.2, 0) is 0 Å². The third-order valence-corrected chi connectivity index (χ3v) is 6.08. The number of fused-ring (bicyclic) bond motifs is 1. The van der Waals surface area contributed by atoms with Crippen molar-refractivity contribution in [3.05, 3.63) is 58.7 Å². The van der Waals surface area contributed by atoms with Gasteiger partial charge in [0.05, 0.1) is 24.7 Å². The third kappa shape index (κ3) is 3.05. The summed E-state index contributed by atoms with van der Waals surface area (Å²) in [5.74, 6) is 1.40. The van der Waals surface area contributed by atoms with Gasteiger partial charge in [-0.3, -0.25) is 9.59 Å². The molecule has 2 aliphatic rings. The van der Waals surface area contributed by atoms with E-state index in [-0.39, 0.29) is 11.7 Å². The van der Waals surface area contributed by atoms with Crippen molar-refractivity contribution in [2.45, 2.75) is 38.7 Å². The maximum Gasteiger partial charge on any atom is 0.257 e. The fourth-order valence-corrected chi connectivity index (χ4v) is 4.17. The van der Waals surface area contributed by atoms with E-state index in [2.05, 4.69) is 0 Å². The Hall–Kier alpha value is -2.82. The number of Topliss-reactive ketones (excluding diaryl/α,β-unsaturated/α-hetero) is 1. The van der Waals surface area contributed by atoms with Crippen molar-refractivity contribution in [1.82, 2.24) is 4.90 Å². The van der Waals surface area contributed by atoms with Gasteiger partial charge >= 0.3 is 0 Å². The topological polar surface area (TPSA) is 55.8 Å². The number of amides is 1. The van der Waals surface area contributed by atoms with Gasteiger partial charge in [-0.2, -0.15) is 0 Å². The van der Waals surface area contributed by atoms with Crippen LogP contribution in [0.5, 0.6) is 11.5 Å². The Kier molecular flexibility index (Phi) is 4.61. The van der Waals surface area contributed by atoms with Crippen LogP contribution in [0.4, 0.5) is 0 Å². The number of hydrogen-bond acceptors (Lipinski definition) is 4. The number of carbonyl (C=O) groups is 2. The number of ketones is 1. The molecular formula is C23H25NO4. The van der Waals surface area contributed by atoms with Crippen LogP contribution >= 0.6 is 0 Å². The van der Waals surface area contributed by atoms with Crippen molar-refractivity contribution in [3.8, 4) is 11.5 Å². The molecule has 0 saturated carbocycles. The van der Waals surface area contributed by atoms with Crippen molar-refractivity contribution in [2.75, 3.05) is 20.2 Å². The van der Waals surface area contributed by atoms with Gasteiger partial charge in [0.2, 0.25) is 0 Å². The molecule has 5 nitrogen and oxygen atoms in total. The number of piperidine rings is 1. The van der Waals surface area contributed by atoms with Crippen LogP contribution in [0.25, 0.3) is 0 Å². The van der Waals surface area contributed by atoms with Gasteiger partial charge in [-0.15, -0.1) is 0 Å². The van der Waals surface area contributed by atoms with E-state index in [0.29, 0.717) is 49.2 Å². The Balaban J connectivity index is 1.53. The predicted molar refractivity (Wildman–Crippen MR) is 106 cm³/mol. The van der Waals surface area contributed by atoms with Crippen LogP contribution in [0.15, 0.2) is 36.4 Å². The highest BCUT2D eigenvalue weighted by Gasteiger charge is 2.44. The molecule has 1 fully saturated rings. The first-order valence-electron chi connectivity index (χ1n) is 9.69. The van der Waals surface area contributed by atoms with E-state index < -0.39 is 5.60 Å². The summed E-state index contributed by atoms with van der Waals surface area (Å²) in [6, 6.07) is 11.1. The lowest BCUT2D eigenvalue weighted by molar-refractivity contribution is -0.00625. The third-order valence-electron chi connectivity index (χ3n) is 6.08. The molecule has 2 aromatic carbocycles. The second-order valence-electron chi connectivity index (χ2n) is 7.76. The van der Waals surface area contributed by atoms with Gasteiger partial charge in [0.15, 0.2) is 5.78 Å². The minimum Gasteiger partial charge on any atom is -0.496 e. The summed E-state index contributed by atoms with van der Waals surface area (Å²) in [7, 11) is 1.57. The number of nitrogens with zero attached hydrogens (tertiary/aromatic N) is 1. The average molecular weight is 379 g/mol. The number of methoxy groups -OCH3 is 1. The number of carbonyl (C=O) groups excluding carboxylic acids is 2. The van der Waals surface area contributed by atoms with Crippen molar-refractivity contribution >= 4 is 11.7 Å². The minimum absolute atomic E-state index is 0.0399. The van der Waals surface area contributed by atoms with Gasteiger partial charge < -0.3 is 14.4 Å². The van der Waals surface area contributed by atoms with E-state index in [1.807, 2.05) is 43.0 Å². The fourth-order valence-electron chi connectivity index (χ4n) is 4.17. The molecule has 0 N–H and O–H groups in total. The van der Waals surface area contributed by atoms with E-state index in [4.69, 9.17) is 9.47 Å². The van der Waals surface area contributed by atoms with Crippen LogP contribution in [0, 0.1) is 13.8 Å². The molecule has 1 amide bonds. The van der Waals surface area contributed by atoms with Gasteiger partial charge in [-0.25, -0.2) is 0 Å². The number of hydrogen-bond donors (Lipinski definition) is 0. The van der Waals surface area contributed by atoms with Gasteiger partial charge in [0.1, 0.15) is 17.1 Å². The second-order valence-corrected chi connectivity index (χ2v) is 7.76. The lowest BCUT2D eigenvalue weighted by Crippen LogP contribution is -2.52. The van der Waals surface area contributed by atoms with Crippen LogP contribution < -0.4 is 9.47 Å². The van der Waals surface area contributed by atoms with E-state index in [0.717, 1.165) is 16.9 Å². The molecule has 2 aromatic rings. The molecule has 5 heteroatoms. The smallest absolute Gasteiger partial charge is 0.257 e. The lowest BCUT2D eigenvalue weighted by Gasteiger charge is -2.44. The van der Waals surface area contributed by atoms with Crippen LogP contribution in [0.2, 0.25) is 0 Å². The molecule has 2 heterocycles. The van der Waals surface area contributed by atoms with Crippen LogP contribution in [-0.4, -0.2) is 42.4 Å². The highest BCUT2D eigenvalue weighted by Crippen LogP contribution is 2.42. The number of aryl methyl sites for hydroxylation is 1. The Morgan fingerprint density at radius 3 is 2.54 bits per heavy atom. The van der Waals surface area contributed by atoms with Crippen molar-refractivity contribution < 1.29 is 19.1 Å². The molecule has 4 rings (SSSR count). The zero-order chi connectivity index (χ0) is 19.9. The molecule has 0 unspecified atom stereocenters. The Morgan fingerprint density at radius 2 is 1.82 bits per heavy atom. The SMILES string of the molecule is COc1ccccc1C(=O)N1CCC2(CC1)CC(=O)c1ccc(C)c(C)c1O2. The monoisotopic (exact) mass is 379 g/mol. The van der Waals surface area contributed by atoms with Gasteiger partial charge in [0.25, 0.3) is 5.91 Å². The summed E-state index contributed by atoms with van der Waals surface area (Å²) < 4.78 is 11.8. The molecule has 1 saturated heterocycles. The van der Waals surface area contributed by atoms with E-state index in [1.54, 1.807) is 19.2 Å². The van der Waals surface area contributed by atoms with E-state index in [1.165, 1.54) is 0 Å². The average Bonchev–Trinajstić information content (AvgIpc) is 2.71. The Morgan fingerprint density at radius 1 is 1.11 bits per heavy atom. The summed E-state index contributed by atoms with van der Waals surface area (Å²) in [6.45, 7) is 5.15. The normalized spacial score (nSPS) is 17.8. The van der Waals surface area contributed by atoms with Crippen molar-refractivity contribution in [1.29, 1.82) is 0 Å². The van der Waals surface area contributed by atoms with Gasteiger partial charge in [-0.1, -0.05) is 18.2 Å². The molecule has 2 aliphatic heterocycles. The zero-order valence-electron chi connectivity index (χ0n) is 16.6. The predicted octanol–water partition coefficient (Wildman–Crippen LogP) is 3.95. The number of para-hydroxylation sites is 1. The lowest BCUT2D eigenvalue weighted by atomic mass is 9.81. The maximum atomic E-state index is 13.0. The summed E-state index contributed by atoms with van der Waals surface area (Å²) in [6.07, 6.45) is 1.66. The molecule has 0 aliphatic carbocycles. The first-order valence-corrected chi connectivity index (χ1v) is 9.69. The molecule has 0 aromatic heterocycles. The molecule has 0 bridgehead atoms. The molecule has 146 valence electrons. The highest BCUT2D eigenvalue weighted by molar-refractivity contribution is 6.01. The standard InChI is InChI=1S/C23H25NO4/c1-15-8-9-17-19(25)14-23(28-21(17)16(15)2)10-12-24(13-11-23)22(26)18-6-4-5-7-20(18)27-3/h4-9H,10-14H2,1-3H3. The molecule has 1 spiro atoms. The quantitative estimate of drug-likeness (QED) is 0.793. The largest absolute Gasteiger partial charge is 0.496 e. The number of likely N-dealkylation sites (tertiary alicyclic amines) is 1. The van der Waals surface area contributed by atoms with Crippen molar-refractivity contribution in [2.24, 2.45) is 0 Å². The van der Waals surface area contributed by atoms with Crippen LogP contribution in [0.3, 0.4) is 0 Å². The Labute approximate surface area is 165 Å². The Bertz CT molecular complexity index is 942. The summed E-state index contributed by atoms with van der Waals surface area (Å²) in [5.41, 5.74) is 2.88. The molecule has 0 atom stereocenters. The summed E-state index contributed by atoms with van der Waals surface area (Å²) in [4.78, 5) is 27.5. The zero-order valence-corrected chi connectivity index (χ0v) is 16.6. The van der Waals surface area contributed by atoms with E-state index >= 15 is 0 Å². The second kappa shape index (κ2) is 6.97. The minimum atomic E-state index is -0.514. The summed E-state index contributed by atoms with van der Waals surface area (Å²) >= 11 is 0. The highest BCUT2D eigenvalue weighted by atomic mass is 16.5. The number of benzene rings is 2. The summed E-state index contributed by atoms with van der Waals surface area (Å²) in [5, 5.41) is 0. The van der Waals surface area contributed by atoms with Gasteiger partial charge in [0, 0.05) is 25.9 Å². The first-order chi connectivity index (χ1) is 13.4. The molecular weight excluding hydrogens is 354 g/mol. The van der Waals surface area contributed by atoms with Crippen LogP contribution in [0.1, 0.15) is 51.1 Å². The number of rotatable bonds is 2. The fraction of sp³-hybridized carbons (Fsp3) is 0.391. The van der Waals surface area contributed by atoms with Gasteiger partial charge in [-0.05, 0) is 43.2 Å². The molecule has 28 heavy (non-hydrogen) atoms.